The van der Waals surface area contributed by atoms with Gasteiger partial charge in [0.25, 0.3) is 0 Å². The summed E-state index contributed by atoms with van der Waals surface area (Å²) in [5.41, 5.74) is -2.36. The van der Waals surface area contributed by atoms with Crippen LogP contribution >= 0.6 is 0 Å². The minimum absolute atomic E-state index is 0.285. The highest BCUT2D eigenvalue weighted by molar-refractivity contribution is 5.89. The second-order valence-corrected chi connectivity index (χ2v) is 6.91. The third-order valence-electron chi connectivity index (χ3n) is 3.07. The first-order chi connectivity index (χ1) is 7.73. The molecule has 0 aromatic heterocycles. The molecule has 0 fully saturated rings. The molecule has 0 saturated heterocycles. The summed E-state index contributed by atoms with van der Waals surface area (Å²) in [4.78, 5) is 22.6. The summed E-state index contributed by atoms with van der Waals surface area (Å²) in [6.45, 7) is 6.86. The lowest BCUT2D eigenvalue weighted by molar-refractivity contribution is -0.909. The minimum Gasteiger partial charge on any atom is -0.550 e. The van der Waals surface area contributed by atoms with E-state index < -0.39 is 35.2 Å². The van der Waals surface area contributed by atoms with Gasteiger partial charge in [-0.1, -0.05) is 20.8 Å². The van der Waals surface area contributed by atoms with E-state index in [9.17, 15) is 19.8 Å². The van der Waals surface area contributed by atoms with Crippen molar-refractivity contribution >= 4 is 11.8 Å². The van der Waals surface area contributed by atoms with Gasteiger partial charge in [-0.05, 0) is 6.92 Å². The Kier molecular flexibility index (Phi) is 4.71. The number of carbonyl (C=O) groups excluding carboxylic acids is 2. The van der Waals surface area contributed by atoms with E-state index in [4.69, 9.17) is 0 Å². The Morgan fingerprint density at radius 2 is 1.61 bits per heavy atom. The number of likely N-dealkylation sites (N-methyl/N-ethyl adjacent to an activating group) is 1. The first kappa shape index (κ1) is 17.1. The number of hydrogen-bond acceptors (Lipinski definition) is 4. The zero-order valence-electron chi connectivity index (χ0n) is 12.4. The molecule has 2 atom stereocenters. The summed E-state index contributed by atoms with van der Waals surface area (Å²) < 4.78 is 0.285. The summed E-state index contributed by atoms with van der Waals surface area (Å²) in [6.07, 6.45) is -0.681. The van der Waals surface area contributed by atoms with E-state index in [-0.39, 0.29) is 4.48 Å². The predicted octanol–water partition coefficient (Wildman–Crippen LogP) is -0.433. The van der Waals surface area contributed by atoms with Gasteiger partial charge in [0.15, 0.2) is 11.4 Å². The highest BCUT2D eigenvalue weighted by Crippen LogP contribution is 2.36. The van der Waals surface area contributed by atoms with E-state index in [2.05, 4.69) is 0 Å². The number of rotatable bonds is 5. The van der Waals surface area contributed by atoms with E-state index in [1.165, 1.54) is 6.92 Å². The SMILES string of the molecule is CC(=O)C(O)(CC(=O)[O-])C(C(C)(C)C)[N+](C)(C)C. The summed E-state index contributed by atoms with van der Waals surface area (Å²) in [5.74, 6) is -1.96. The standard InChI is InChI=1S/C13H25NO4/c1-9(15)13(18,8-10(16)17)11(12(2,3)4)14(5,6)7/h11,18H,8H2,1-7H3. The van der Waals surface area contributed by atoms with Gasteiger partial charge in [0, 0.05) is 17.8 Å². The van der Waals surface area contributed by atoms with Gasteiger partial charge in [-0.2, -0.15) is 0 Å². The van der Waals surface area contributed by atoms with Crippen LogP contribution < -0.4 is 5.11 Å². The van der Waals surface area contributed by atoms with Crippen LogP contribution in [0.1, 0.15) is 34.1 Å². The maximum Gasteiger partial charge on any atom is 0.180 e. The quantitative estimate of drug-likeness (QED) is 0.679. The van der Waals surface area contributed by atoms with Gasteiger partial charge in [0.2, 0.25) is 0 Å². The number of hydrogen-bond donors (Lipinski definition) is 1. The molecular weight excluding hydrogens is 234 g/mol. The van der Waals surface area contributed by atoms with E-state index in [0.717, 1.165) is 0 Å². The Labute approximate surface area is 109 Å². The highest BCUT2D eigenvalue weighted by Gasteiger charge is 2.54. The van der Waals surface area contributed by atoms with Crippen molar-refractivity contribution in [1.29, 1.82) is 0 Å². The van der Waals surface area contributed by atoms with Gasteiger partial charge < -0.3 is 19.5 Å². The number of carboxylic acid groups (broad SMARTS) is 1. The monoisotopic (exact) mass is 259 g/mol. The molecule has 1 N–H and O–H groups in total. The number of aliphatic hydroxyl groups is 1. The van der Waals surface area contributed by atoms with Gasteiger partial charge in [0.05, 0.1) is 21.1 Å². The Balaban J connectivity index is 5.81. The molecule has 0 aliphatic heterocycles. The molecule has 0 spiro atoms. The third-order valence-corrected chi connectivity index (χ3v) is 3.07. The van der Waals surface area contributed by atoms with Gasteiger partial charge in [0.1, 0.15) is 6.04 Å². The Bertz CT molecular complexity index is 324. The number of aliphatic carboxylic acids is 1. The fraction of sp³-hybridized carbons (Fsp3) is 0.846. The predicted molar refractivity (Wildman–Crippen MR) is 66.5 cm³/mol. The zero-order valence-corrected chi connectivity index (χ0v) is 12.4. The molecule has 0 radical (unpaired) electrons. The molecule has 2 unspecified atom stereocenters. The molecule has 0 amide bonds. The summed E-state index contributed by atoms with van der Waals surface area (Å²) in [5, 5.41) is 21.5. The normalized spacial score (nSPS) is 18.0. The van der Waals surface area contributed by atoms with Gasteiger partial charge in [-0.25, -0.2) is 0 Å². The Morgan fingerprint density at radius 3 is 1.78 bits per heavy atom. The average Bonchev–Trinajstić information content (AvgIpc) is 1.94. The van der Waals surface area contributed by atoms with E-state index >= 15 is 0 Å². The fourth-order valence-electron chi connectivity index (χ4n) is 3.15. The van der Waals surface area contributed by atoms with Crippen LogP contribution in [0.25, 0.3) is 0 Å². The maximum absolute atomic E-state index is 11.8. The molecule has 5 heteroatoms. The molecule has 0 rings (SSSR count). The number of quaternary nitrogens is 1. The van der Waals surface area contributed by atoms with Crippen molar-refractivity contribution in [3.8, 4) is 0 Å². The third kappa shape index (κ3) is 3.78. The van der Waals surface area contributed by atoms with Crippen molar-refractivity contribution in [3.63, 3.8) is 0 Å². The van der Waals surface area contributed by atoms with Crippen molar-refractivity contribution in [2.75, 3.05) is 21.1 Å². The van der Waals surface area contributed by atoms with Crippen LogP contribution in [0.15, 0.2) is 0 Å². The second kappa shape index (κ2) is 4.97. The Hall–Kier alpha value is -0.940. The van der Waals surface area contributed by atoms with Crippen LogP contribution in [0.5, 0.6) is 0 Å². The highest BCUT2D eigenvalue weighted by atomic mass is 16.4. The number of nitrogens with zero attached hydrogens (tertiary/aromatic N) is 1. The topological polar surface area (TPSA) is 77.4 Å². The first-order valence-electron chi connectivity index (χ1n) is 5.97. The van der Waals surface area contributed by atoms with Crippen molar-refractivity contribution in [1.82, 2.24) is 0 Å². The summed E-state index contributed by atoms with van der Waals surface area (Å²) >= 11 is 0. The largest absolute Gasteiger partial charge is 0.550 e. The number of carbonyl (C=O) groups is 2. The Morgan fingerprint density at radius 1 is 1.22 bits per heavy atom. The van der Waals surface area contributed by atoms with Crippen LogP contribution in [0.3, 0.4) is 0 Å². The molecule has 18 heavy (non-hydrogen) atoms. The average molecular weight is 259 g/mol. The van der Waals surface area contributed by atoms with Gasteiger partial charge >= 0.3 is 0 Å². The smallest absolute Gasteiger partial charge is 0.180 e. The lowest BCUT2D eigenvalue weighted by Crippen LogP contribution is -2.67. The van der Waals surface area contributed by atoms with Crippen LogP contribution in [0.4, 0.5) is 0 Å². The van der Waals surface area contributed by atoms with Crippen molar-refractivity contribution in [2.24, 2.45) is 5.41 Å². The van der Waals surface area contributed by atoms with Crippen molar-refractivity contribution in [2.45, 2.75) is 45.8 Å². The molecule has 0 aromatic rings. The van der Waals surface area contributed by atoms with Crippen LogP contribution in [0.2, 0.25) is 0 Å². The zero-order chi connectivity index (χ0) is 14.9. The van der Waals surface area contributed by atoms with E-state index in [0.29, 0.717) is 0 Å². The molecule has 0 aliphatic rings. The summed E-state index contributed by atoms with van der Waals surface area (Å²) in [7, 11) is 5.50. The van der Waals surface area contributed by atoms with Crippen LogP contribution in [0, 0.1) is 5.41 Å². The molecule has 0 aliphatic carbocycles. The van der Waals surface area contributed by atoms with Gasteiger partial charge in [-0.15, -0.1) is 0 Å². The van der Waals surface area contributed by atoms with Gasteiger partial charge in [-0.3, -0.25) is 4.79 Å². The number of ketones is 1. The second-order valence-electron chi connectivity index (χ2n) is 6.91. The lowest BCUT2D eigenvalue weighted by Gasteiger charge is -2.49. The lowest BCUT2D eigenvalue weighted by atomic mass is 9.71. The van der Waals surface area contributed by atoms with Crippen molar-refractivity contribution < 1.29 is 24.3 Å². The number of Topliss-reactive ketones (excluding diaryl/α,β-unsaturated/α-hetero) is 1. The molecule has 0 aromatic carbocycles. The molecular formula is C13H25NO4. The molecule has 0 heterocycles. The van der Waals surface area contributed by atoms with Crippen molar-refractivity contribution in [3.05, 3.63) is 0 Å². The number of carboxylic acids is 1. The minimum atomic E-state index is -1.92. The molecule has 5 nitrogen and oxygen atoms in total. The molecule has 106 valence electrons. The van der Waals surface area contributed by atoms with E-state index in [1.807, 2.05) is 41.9 Å². The van der Waals surface area contributed by atoms with E-state index in [1.54, 1.807) is 0 Å². The first-order valence-corrected chi connectivity index (χ1v) is 5.97. The molecule has 0 bridgehead atoms. The fourth-order valence-corrected chi connectivity index (χ4v) is 3.15. The van der Waals surface area contributed by atoms with Crippen LogP contribution in [-0.4, -0.2) is 54.1 Å². The summed E-state index contributed by atoms with van der Waals surface area (Å²) in [6, 6.07) is -0.555. The maximum atomic E-state index is 11.8. The molecule has 0 saturated carbocycles. The van der Waals surface area contributed by atoms with Crippen LogP contribution in [-0.2, 0) is 9.59 Å².